The van der Waals surface area contributed by atoms with E-state index in [0.717, 1.165) is 25.9 Å². The van der Waals surface area contributed by atoms with Crippen LogP contribution in [-0.2, 0) is 19.6 Å². The number of aromatic nitrogens is 1. The lowest BCUT2D eigenvalue weighted by Crippen LogP contribution is -2.36. The van der Waals surface area contributed by atoms with E-state index in [4.69, 9.17) is 0 Å². The molecule has 2 saturated heterocycles. The molecule has 2 aliphatic heterocycles. The second-order valence-corrected chi connectivity index (χ2v) is 10.7. The third-order valence-corrected chi connectivity index (χ3v) is 7.25. The van der Waals surface area contributed by atoms with Crippen LogP contribution in [0, 0.1) is 11.8 Å². The molecule has 10 nitrogen and oxygen atoms in total. The Labute approximate surface area is 189 Å². The first-order chi connectivity index (χ1) is 15.2. The Morgan fingerprint density at radius 2 is 1.59 bits per heavy atom. The zero-order valence-electron chi connectivity index (χ0n) is 18.7. The lowest BCUT2D eigenvalue weighted by molar-refractivity contribution is -0.128. The normalized spacial score (nSPS) is 18.9. The van der Waals surface area contributed by atoms with Crippen molar-refractivity contribution in [3.05, 3.63) is 18.0 Å². The monoisotopic (exact) mass is 467 g/mol. The summed E-state index contributed by atoms with van der Waals surface area (Å²) in [5, 5.41) is 2.79. The second-order valence-electron chi connectivity index (χ2n) is 8.91. The van der Waals surface area contributed by atoms with Crippen LogP contribution >= 0.6 is 0 Å². The molecule has 3 amide bonds. The number of likely N-dealkylation sites (tertiary alicyclic amines) is 2. The van der Waals surface area contributed by atoms with Gasteiger partial charge in [0.15, 0.2) is 0 Å². The number of sulfonamides is 1. The second kappa shape index (κ2) is 10.5. The molecule has 3 rings (SSSR count). The Morgan fingerprint density at radius 1 is 1.03 bits per heavy atom. The van der Waals surface area contributed by atoms with E-state index < -0.39 is 15.9 Å². The molecule has 0 aliphatic carbocycles. The molecule has 11 heteroatoms. The van der Waals surface area contributed by atoms with Crippen molar-refractivity contribution >= 4 is 27.7 Å². The number of carbonyl (C=O) groups excluding carboxylic acids is 3. The van der Waals surface area contributed by atoms with Gasteiger partial charge in [-0.2, -0.15) is 0 Å². The number of amides is 3. The van der Waals surface area contributed by atoms with E-state index in [9.17, 15) is 22.8 Å². The Hall–Kier alpha value is -2.40. The maximum atomic E-state index is 12.6. The molecule has 0 unspecified atom stereocenters. The van der Waals surface area contributed by atoms with Gasteiger partial charge in [0, 0.05) is 58.3 Å². The van der Waals surface area contributed by atoms with Crippen molar-refractivity contribution in [2.24, 2.45) is 11.8 Å². The number of aromatic amines is 1. The molecule has 2 atom stereocenters. The van der Waals surface area contributed by atoms with Gasteiger partial charge in [-0.15, -0.1) is 0 Å². The summed E-state index contributed by atoms with van der Waals surface area (Å²) in [6.45, 7) is 7.02. The average Bonchev–Trinajstić information content (AvgIpc) is 3.48. The van der Waals surface area contributed by atoms with Crippen molar-refractivity contribution < 1.29 is 22.8 Å². The standard InChI is InChI=1S/C21H33N5O5S/c1-15(13-25-7-3-5-19(25)27)10-23-21(29)18-9-17(12-22-18)32(30,31)24-11-16(2)14-26-8-4-6-20(26)28/h9,12,15-16,22,24H,3-8,10-11,13-14H2,1-2H3,(H,23,29)/t15-,16+/m1/s1. The molecule has 0 saturated carbocycles. The summed E-state index contributed by atoms with van der Waals surface area (Å²) in [7, 11) is -3.78. The minimum absolute atomic E-state index is 0.0113. The number of carbonyl (C=O) groups is 3. The van der Waals surface area contributed by atoms with Crippen LogP contribution < -0.4 is 10.0 Å². The van der Waals surface area contributed by atoms with Gasteiger partial charge in [-0.3, -0.25) is 14.4 Å². The van der Waals surface area contributed by atoms with E-state index in [-0.39, 0.29) is 40.8 Å². The molecular formula is C21H33N5O5S. The van der Waals surface area contributed by atoms with Gasteiger partial charge in [0.25, 0.3) is 5.91 Å². The maximum Gasteiger partial charge on any atom is 0.267 e. The van der Waals surface area contributed by atoms with Crippen LogP contribution in [0.4, 0.5) is 0 Å². The molecule has 3 N–H and O–H groups in total. The minimum Gasteiger partial charge on any atom is -0.356 e. The molecule has 1 aromatic rings. The van der Waals surface area contributed by atoms with Crippen LogP contribution in [0.25, 0.3) is 0 Å². The first kappa shape index (κ1) is 24.2. The molecule has 1 aromatic heterocycles. The molecule has 0 radical (unpaired) electrons. The SMILES string of the molecule is C[C@H](CNC(=O)c1cc(S(=O)(=O)NC[C@H](C)CN2CCCC2=O)c[nH]1)CN1CCCC1=O. The topological polar surface area (TPSA) is 132 Å². The molecule has 2 fully saturated rings. The van der Waals surface area contributed by atoms with Crippen LogP contribution in [0.5, 0.6) is 0 Å². The fourth-order valence-corrected chi connectivity index (χ4v) is 5.19. The average molecular weight is 468 g/mol. The highest BCUT2D eigenvalue weighted by Crippen LogP contribution is 2.15. The number of nitrogens with zero attached hydrogens (tertiary/aromatic N) is 2. The van der Waals surface area contributed by atoms with E-state index in [1.807, 2.05) is 18.7 Å². The smallest absolute Gasteiger partial charge is 0.267 e. The highest BCUT2D eigenvalue weighted by Gasteiger charge is 2.24. The zero-order valence-corrected chi connectivity index (χ0v) is 19.5. The quantitative estimate of drug-likeness (QED) is 0.437. The van der Waals surface area contributed by atoms with Crippen LogP contribution in [0.1, 0.15) is 50.0 Å². The number of H-pyrrole nitrogens is 1. The lowest BCUT2D eigenvalue weighted by atomic mass is 10.1. The third-order valence-electron chi connectivity index (χ3n) is 5.85. The predicted molar refractivity (Wildman–Crippen MR) is 118 cm³/mol. The fourth-order valence-electron chi connectivity index (χ4n) is 4.03. The minimum atomic E-state index is -3.78. The molecule has 0 bridgehead atoms. The Morgan fingerprint density at radius 3 is 2.12 bits per heavy atom. The van der Waals surface area contributed by atoms with Gasteiger partial charge in [0.1, 0.15) is 10.6 Å². The summed E-state index contributed by atoms with van der Waals surface area (Å²) >= 11 is 0. The van der Waals surface area contributed by atoms with Crippen LogP contribution in [0.3, 0.4) is 0 Å². The van der Waals surface area contributed by atoms with Gasteiger partial charge in [-0.05, 0) is 30.7 Å². The van der Waals surface area contributed by atoms with Crippen molar-refractivity contribution in [2.45, 2.75) is 44.4 Å². The predicted octanol–water partition coefficient (Wildman–Crippen LogP) is 0.540. The Kier molecular flexibility index (Phi) is 7.94. The molecule has 32 heavy (non-hydrogen) atoms. The lowest BCUT2D eigenvalue weighted by Gasteiger charge is -2.21. The number of nitrogens with one attached hydrogen (secondary N) is 3. The van der Waals surface area contributed by atoms with E-state index in [1.54, 1.807) is 4.90 Å². The van der Waals surface area contributed by atoms with Crippen molar-refractivity contribution in [1.29, 1.82) is 0 Å². The maximum absolute atomic E-state index is 12.6. The van der Waals surface area contributed by atoms with Crippen LogP contribution in [0.15, 0.2) is 17.2 Å². The summed E-state index contributed by atoms with van der Waals surface area (Å²) in [5.41, 5.74) is 0.158. The Bertz CT molecular complexity index is 944. The van der Waals surface area contributed by atoms with Crippen molar-refractivity contribution in [1.82, 2.24) is 24.8 Å². The fraction of sp³-hybridized carbons (Fsp3) is 0.667. The van der Waals surface area contributed by atoms with E-state index in [0.29, 0.717) is 32.5 Å². The van der Waals surface area contributed by atoms with E-state index in [2.05, 4.69) is 15.0 Å². The number of rotatable bonds is 11. The van der Waals surface area contributed by atoms with Crippen LogP contribution in [-0.4, -0.2) is 80.2 Å². The van der Waals surface area contributed by atoms with Crippen molar-refractivity contribution in [2.75, 3.05) is 39.3 Å². The third kappa shape index (κ3) is 6.32. The summed E-state index contributed by atoms with van der Waals surface area (Å²) in [4.78, 5) is 42.1. The molecule has 3 heterocycles. The van der Waals surface area contributed by atoms with Gasteiger partial charge in [0.05, 0.1) is 0 Å². The zero-order chi connectivity index (χ0) is 23.3. The van der Waals surface area contributed by atoms with Gasteiger partial charge < -0.3 is 20.1 Å². The van der Waals surface area contributed by atoms with Gasteiger partial charge in [-0.25, -0.2) is 13.1 Å². The number of hydrogen-bond acceptors (Lipinski definition) is 5. The first-order valence-electron chi connectivity index (χ1n) is 11.2. The highest BCUT2D eigenvalue weighted by atomic mass is 32.2. The molecule has 0 spiro atoms. The summed E-state index contributed by atoms with van der Waals surface area (Å²) < 4.78 is 27.7. The molecule has 2 aliphatic rings. The molecule has 178 valence electrons. The summed E-state index contributed by atoms with van der Waals surface area (Å²) in [5.74, 6) is -0.0760. The highest BCUT2D eigenvalue weighted by molar-refractivity contribution is 7.89. The van der Waals surface area contributed by atoms with Crippen LogP contribution in [0.2, 0.25) is 0 Å². The number of hydrogen-bond donors (Lipinski definition) is 3. The van der Waals surface area contributed by atoms with E-state index in [1.165, 1.54) is 12.3 Å². The van der Waals surface area contributed by atoms with Crippen molar-refractivity contribution in [3.8, 4) is 0 Å². The van der Waals surface area contributed by atoms with E-state index >= 15 is 0 Å². The van der Waals surface area contributed by atoms with Crippen molar-refractivity contribution in [3.63, 3.8) is 0 Å². The first-order valence-corrected chi connectivity index (χ1v) is 12.7. The molecule has 0 aromatic carbocycles. The molecular weight excluding hydrogens is 434 g/mol. The summed E-state index contributed by atoms with van der Waals surface area (Å²) in [6.07, 6.45) is 4.16. The summed E-state index contributed by atoms with van der Waals surface area (Å²) in [6, 6.07) is 1.31. The largest absolute Gasteiger partial charge is 0.356 e. The van der Waals surface area contributed by atoms with Gasteiger partial charge >= 0.3 is 0 Å². The van der Waals surface area contributed by atoms with Gasteiger partial charge in [-0.1, -0.05) is 13.8 Å². The van der Waals surface area contributed by atoms with Gasteiger partial charge in [0.2, 0.25) is 21.8 Å². The Balaban J connectivity index is 1.46.